The molecule has 0 spiro atoms. The minimum absolute atomic E-state index is 0.186. The van der Waals surface area contributed by atoms with Crippen LogP contribution in [0.2, 0.25) is 0 Å². The van der Waals surface area contributed by atoms with Crippen molar-refractivity contribution in [1.82, 2.24) is 4.57 Å². The Morgan fingerprint density at radius 2 is 0.556 bits per heavy atom. The Balaban J connectivity index is 1.00. The number of anilines is 6. The van der Waals surface area contributed by atoms with E-state index in [1.807, 2.05) is 0 Å². The quantitative estimate of drug-likeness (QED) is 0.0892. The topological polar surface area (TPSA) is 11.4 Å². The van der Waals surface area contributed by atoms with Crippen LogP contribution < -0.4 is 67.7 Å². The van der Waals surface area contributed by atoms with E-state index in [4.69, 9.17) is 0 Å². The molecule has 2 aliphatic rings. The molecule has 90 heavy (non-hydrogen) atoms. The predicted octanol–water partition coefficient (Wildman–Crippen LogP) is 13.3. The number of para-hydroxylation sites is 3. The van der Waals surface area contributed by atoms with Crippen molar-refractivity contribution in [3.05, 3.63) is 364 Å². The van der Waals surface area contributed by atoms with Crippen LogP contribution in [0.3, 0.4) is 0 Å². The lowest BCUT2D eigenvalue weighted by Gasteiger charge is -2.45. The van der Waals surface area contributed by atoms with E-state index in [0.29, 0.717) is 0 Å². The Morgan fingerprint density at radius 3 is 1.00 bits per heavy atom. The largest absolute Gasteiger partial charge is 0.311 e. The van der Waals surface area contributed by atoms with Crippen LogP contribution in [0.5, 0.6) is 0 Å². The summed E-state index contributed by atoms with van der Waals surface area (Å²) in [6.45, 7) is -0.186. The number of benzene rings is 14. The van der Waals surface area contributed by atoms with Crippen LogP contribution in [0.15, 0.2) is 364 Å². The van der Waals surface area contributed by atoms with Crippen LogP contribution in [-0.4, -0.2) is 27.4 Å². The molecule has 0 unspecified atom stereocenters. The van der Waals surface area contributed by atoms with Gasteiger partial charge in [-0.3, -0.25) is 0 Å². The predicted molar refractivity (Wildman–Crippen MR) is 387 cm³/mol. The lowest BCUT2D eigenvalue weighted by molar-refractivity contribution is 1.16. The highest BCUT2D eigenvalue weighted by Gasteiger charge is 2.48. The molecule has 0 aliphatic carbocycles. The van der Waals surface area contributed by atoms with Crippen LogP contribution >= 0.6 is 0 Å². The van der Waals surface area contributed by atoms with Gasteiger partial charge in [-0.15, -0.1) is 0 Å². The molecule has 0 fully saturated rings. The molecule has 6 heteroatoms. The minimum Gasteiger partial charge on any atom is -0.311 e. The molecule has 0 amide bonds. The smallest absolute Gasteiger partial charge is 0.252 e. The monoisotopic (exact) mass is 1180 g/mol. The first-order chi connectivity index (χ1) is 44.7. The summed E-state index contributed by atoms with van der Waals surface area (Å²) in [6.07, 6.45) is 0. The first-order valence-corrected chi connectivity index (χ1v) is 35.3. The zero-order valence-corrected chi connectivity index (χ0v) is 51.6. The fourth-order valence-corrected chi connectivity index (χ4v) is 25.0. The lowest BCUT2D eigenvalue weighted by Crippen LogP contribution is -2.75. The number of hydrogen-bond acceptors (Lipinski definition) is 2. The molecule has 3 nitrogen and oxygen atoms in total. The van der Waals surface area contributed by atoms with Gasteiger partial charge in [0.2, 0.25) is 0 Å². The molecule has 17 rings (SSSR count). The third-order valence-electron chi connectivity index (χ3n) is 19.2. The average Bonchev–Trinajstić information content (AvgIpc) is 0.743. The summed E-state index contributed by atoms with van der Waals surface area (Å²) in [7, 11) is -5.96. The average molecular weight is 1180 g/mol. The Morgan fingerprint density at radius 1 is 0.222 bits per heavy atom. The maximum Gasteiger partial charge on any atom is 0.252 e. The summed E-state index contributed by atoms with van der Waals surface area (Å²) in [4.78, 5) is 5.18. The van der Waals surface area contributed by atoms with Crippen molar-refractivity contribution in [1.29, 1.82) is 0 Å². The van der Waals surface area contributed by atoms with E-state index in [9.17, 15) is 0 Å². The van der Waals surface area contributed by atoms with Gasteiger partial charge >= 0.3 is 0 Å². The summed E-state index contributed by atoms with van der Waals surface area (Å²) < 4.78 is 2.51. The van der Waals surface area contributed by atoms with E-state index in [1.54, 1.807) is 0 Å². The highest BCUT2D eigenvalue weighted by Crippen LogP contribution is 2.47. The fraction of sp³-hybridized carbons (Fsp3) is 0. The van der Waals surface area contributed by atoms with E-state index in [-0.39, 0.29) is 6.71 Å². The SMILES string of the molecule is c1ccc(-c2ccc3c(c2)B2c4cc([Si](c5ccccc5)(c5ccccc5)c5ccccc5)ccc4N(c4ccc([Si](c5ccccc5)(c5ccccc5)c5ccccc5)cc4)c4cc(-n5c6ccccc6c6ccccc65)cc(c42)N3c2ccccc2)cc1. The van der Waals surface area contributed by atoms with Crippen LogP contribution in [-0.2, 0) is 0 Å². The van der Waals surface area contributed by atoms with Gasteiger partial charge in [-0.2, -0.15) is 0 Å². The van der Waals surface area contributed by atoms with E-state index >= 15 is 0 Å². The van der Waals surface area contributed by atoms with E-state index in [0.717, 1.165) is 34.1 Å². The summed E-state index contributed by atoms with van der Waals surface area (Å²) in [5.74, 6) is 0. The molecule has 0 bridgehead atoms. The van der Waals surface area contributed by atoms with Gasteiger partial charge in [0.05, 0.1) is 16.7 Å². The maximum atomic E-state index is 2.66. The number of rotatable bonds is 12. The summed E-state index contributed by atoms with van der Waals surface area (Å²) in [5, 5.41) is 13.2. The first kappa shape index (κ1) is 53.2. The van der Waals surface area contributed by atoms with E-state index in [2.05, 4.69) is 378 Å². The van der Waals surface area contributed by atoms with Crippen molar-refractivity contribution in [2.75, 3.05) is 9.80 Å². The Labute approximate surface area is 528 Å². The summed E-state index contributed by atoms with van der Waals surface area (Å²) in [6, 6.07) is 138. The zero-order valence-electron chi connectivity index (χ0n) is 49.6. The van der Waals surface area contributed by atoms with Crippen molar-refractivity contribution in [3.8, 4) is 16.8 Å². The summed E-state index contributed by atoms with van der Waals surface area (Å²) >= 11 is 0. The standard InChI is InChI=1S/C84H60BN3Si2/c1-9-29-61(30-10-1)62-49-55-80-76(57-62)85-77-60-73(90(69-39-19-6-20-40-69,70-41-21-7-22-42-70)71-43-23-8-24-44-71)54-56-81(77)87(64-50-52-72(53-51-64)89(66-33-13-3-14-34-66,67-35-15-4-16-36-67)68-37-17-5-18-38-68)83-59-65(58-82(84(83)85)86(80)63-31-11-2-12-32-63)88-78-47-27-25-45-74(78)75-46-26-28-48-79(75)88/h1-60H. The fourth-order valence-electron chi connectivity index (χ4n) is 15.5. The normalized spacial score (nSPS) is 12.6. The van der Waals surface area contributed by atoms with Gasteiger partial charge < -0.3 is 14.4 Å². The lowest BCUT2D eigenvalue weighted by atomic mass is 9.33. The van der Waals surface area contributed by atoms with Gasteiger partial charge in [0.1, 0.15) is 0 Å². The van der Waals surface area contributed by atoms with Gasteiger partial charge in [0.15, 0.2) is 16.1 Å². The van der Waals surface area contributed by atoms with Crippen molar-refractivity contribution in [3.63, 3.8) is 0 Å². The number of fused-ring (bicyclic) bond motifs is 7. The van der Waals surface area contributed by atoms with Crippen molar-refractivity contribution in [2.24, 2.45) is 0 Å². The van der Waals surface area contributed by atoms with Gasteiger partial charge in [-0.05, 0) is 130 Å². The molecule has 422 valence electrons. The van der Waals surface area contributed by atoms with Crippen LogP contribution in [0.25, 0.3) is 38.6 Å². The molecule has 1 aromatic heterocycles. The van der Waals surface area contributed by atoms with Crippen molar-refractivity contribution >= 4 is 137 Å². The second kappa shape index (κ2) is 22.0. The Bertz CT molecular complexity index is 4860. The maximum absolute atomic E-state index is 3.06. The zero-order chi connectivity index (χ0) is 59.6. The van der Waals surface area contributed by atoms with E-state index in [1.165, 1.54) is 96.5 Å². The molecule has 0 saturated heterocycles. The molecular formula is C84H60BN3Si2. The second-order valence-electron chi connectivity index (χ2n) is 23.9. The molecule has 3 heterocycles. The first-order valence-electron chi connectivity index (χ1n) is 31.3. The minimum atomic E-state index is -3.06. The Hall–Kier alpha value is -11.0. The Kier molecular flexibility index (Phi) is 13.0. The van der Waals surface area contributed by atoms with Crippen LogP contribution in [0.4, 0.5) is 34.1 Å². The molecule has 0 N–H and O–H groups in total. The highest BCUT2D eigenvalue weighted by atomic mass is 28.3. The van der Waals surface area contributed by atoms with Crippen molar-refractivity contribution < 1.29 is 0 Å². The highest BCUT2D eigenvalue weighted by molar-refractivity contribution is 7.20. The van der Waals surface area contributed by atoms with E-state index < -0.39 is 16.1 Å². The van der Waals surface area contributed by atoms with Gasteiger partial charge in [0, 0.05) is 44.9 Å². The molecule has 15 aromatic rings. The number of aromatic nitrogens is 1. The van der Waals surface area contributed by atoms with Crippen molar-refractivity contribution in [2.45, 2.75) is 0 Å². The molecular weight excluding hydrogens is 1120 g/mol. The molecule has 2 aliphatic heterocycles. The molecule has 14 aromatic carbocycles. The second-order valence-corrected chi connectivity index (χ2v) is 31.5. The number of nitrogens with zero attached hydrogens (tertiary/aromatic N) is 3. The molecule has 0 saturated carbocycles. The molecule has 0 atom stereocenters. The molecule has 0 radical (unpaired) electrons. The number of hydrogen-bond donors (Lipinski definition) is 0. The third-order valence-corrected chi connectivity index (χ3v) is 28.8. The third kappa shape index (κ3) is 8.33. The van der Waals surface area contributed by atoms with Crippen LogP contribution in [0, 0.1) is 0 Å². The van der Waals surface area contributed by atoms with Gasteiger partial charge in [0.25, 0.3) is 6.71 Å². The van der Waals surface area contributed by atoms with Gasteiger partial charge in [-0.1, -0.05) is 303 Å². The summed E-state index contributed by atoms with van der Waals surface area (Å²) in [5.41, 5.74) is 16.4. The van der Waals surface area contributed by atoms with Gasteiger partial charge in [-0.25, -0.2) is 0 Å². The van der Waals surface area contributed by atoms with Crippen LogP contribution in [0.1, 0.15) is 0 Å².